The Balaban J connectivity index is 3.13. The van der Waals surface area contributed by atoms with Gasteiger partial charge in [-0.3, -0.25) is 4.79 Å². The topological polar surface area (TPSA) is 75.6 Å². The molecule has 0 aliphatic heterocycles. The third kappa shape index (κ3) is 3.02. The summed E-state index contributed by atoms with van der Waals surface area (Å²) < 4.78 is 42.0. The Morgan fingerprint density at radius 3 is 2.30 bits per heavy atom. The fourth-order valence-corrected chi connectivity index (χ4v) is 1.48. The number of aliphatic hydroxyl groups is 1. The number of amides is 1. The molecule has 110 valence electrons. The molecule has 1 amide bonds. The van der Waals surface area contributed by atoms with E-state index in [0.717, 1.165) is 6.07 Å². The minimum atomic E-state index is -5.46. The average molecular weight is 312 g/mol. The van der Waals surface area contributed by atoms with E-state index < -0.39 is 23.8 Å². The number of benzene rings is 1. The zero-order chi connectivity index (χ0) is 15.6. The molecule has 0 aromatic heterocycles. The van der Waals surface area contributed by atoms with Crippen LogP contribution in [0.5, 0.6) is 0 Å². The first kappa shape index (κ1) is 16.3. The molecular formula is C11H9ClF3NO4. The Morgan fingerprint density at radius 2 is 1.85 bits per heavy atom. The largest absolute Gasteiger partial charge is 0.465 e. The maximum Gasteiger partial charge on any atom is 0.448 e. The molecule has 0 saturated heterocycles. The van der Waals surface area contributed by atoms with Crippen LogP contribution in [0.1, 0.15) is 10.4 Å². The first-order valence-electron chi connectivity index (χ1n) is 5.08. The van der Waals surface area contributed by atoms with E-state index in [1.165, 1.54) is 23.5 Å². The van der Waals surface area contributed by atoms with Crippen LogP contribution in [0, 0.1) is 0 Å². The number of hydrogen-bond donors (Lipinski definition) is 2. The van der Waals surface area contributed by atoms with Crippen molar-refractivity contribution < 1.29 is 32.6 Å². The van der Waals surface area contributed by atoms with Crippen LogP contribution in [-0.4, -0.2) is 36.0 Å². The van der Waals surface area contributed by atoms with Gasteiger partial charge in [-0.25, -0.2) is 4.79 Å². The van der Waals surface area contributed by atoms with Crippen LogP contribution >= 0.6 is 11.6 Å². The van der Waals surface area contributed by atoms with Gasteiger partial charge in [-0.05, 0) is 12.1 Å². The Labute approximate surface area is 116 Å². The van der Waals surface area contributed by atoms with E-state index in [4.69, 9.17) is 11.6 Å². The van der Waals surface area contributed by atoms with Gasteiger partial charge in [0.15, 0.2) is 0 Å². The Hall–Kier alpha value is -1.80. The minimum absolute atomic E-state index is 0.139. The van der Waals surface area contributed by atoms with Crippen molar-refractivity contribution in [3.05, 3.63) is 34.9 Å². The molecule has 9 heteroatoms. The monoisotopic (exact) mass is 311 g/mol. The van der Waals surface area contributed by atoms with Gasteiger partial charge >= 0.3 is 17.9 Å². The second-order valence-electron chi connectivity index (χ2n) is 3.63. The summed E-state index contributed by atoms with van der Waals surface area (Å²) in [7, 11) is 0.640. The first-order chi connectivity index (χ1) is 9.13. The SMILES string of the molecule is COC(=O)[C@@](O)(NC(=O)c1ccccc1Cl)C(F)(F)F. The smallest absolute Gasteiger partial charge is 0.448 e. The number of hydrogen-bond acceptors (Lipinski definition) is 4. The van der Waals surface area contributed by atoms with Gasteiger partial charge < -0.3 is 15.2 Å². The van der Waals surface area contributed by atoms with Gasteiger partial charge in [-0.15, -0.1) is 0 Å². The first-order valence-corrected chi connectivity index (χ1v) is 5.46. The van der Waals surface area contributed by atoms with Crippen LogP contribution in [0.2, 0.25) is 5.02 Å². The molecular weight excluding hydrogens is 303 g/mol. The highest BCUT2D eigenvalue weighted by atomic mass is 35.5. The molecule has 0 radical (unpaired) electrons. The summed E-state index contributed by atoms with van der Waals surface area (Å²) in [5.41, 5.74) is -4.49. The van der Waals surface area contributed by atoms with Gasteiger partial charge in [0, 0.05) is 0 Å². The number of halogens is 4. The minimum Gasteiger partial charge on any atom is -0.465 e. The maximum atomic E-state index is 12.7. The van der Waals surface area contributed by atoms with Gasteiger partial charge in [0.1, 0.15) is 0 Å². The third-order valence-electron chi connectivity index (χ3n) is 2.30. The number of nitrogens with one attached hydrogen (secondary N) is 1. The Morgan fingerprint density at radius 1 is 1.30 bits per heavy atom. The molecule has 2 N–H and O–H groups in total. The molecule has 1 rings (SSSR count). The van der Waals surface area contributed by atoms with Crippen molar-refractivity contribution >= 4 is 23.5 Å². The van der Waals surface area contributed by atoms with E-state index >= 15 is 0 Å². The van der Waals surface area contributed by atoms with Crippen LogP contribution in [0.4, 0.5) is 13.2 Å². The molecule has 0 aliphatic carbocycles. The van der Waals surface area contributed by atoms with Crippen molar-refractivity contribution in [2.45, 2.75) is 11.9 Å². The van der Waals surface area contributed by atoms with Crippen LogP contribution in [-0.2, 0) is 9.53 Å². The summed E-state index contributed by atoms with van der Waals surface area (Å²) >= 11 is 5.64. The second-order valence-corrected chi connectivity index (χ2v) is 4.04. The van der Waals surface area contributed by atoms with Crippen molar-refractivity contribution in [3.8, 4) is 0 Å². The van der Waals surface area contributed by atoms with E-state index in [0.29, 0.717) is 7.11 Å². The van der Waals surface area contributed by atoms with Crippen LogP contribution in [0.3, 0.4) is 0 Å². The lowest BCUT2D eigenvalue weighted by Crippen LogP contribution is -2.64. The summed E-state index contributed by atoms with van der Waals surface area (Å²) in [6.07, 6.45) is -5.46. The standard InChI is InChI=1S/C11H9ClF3NO4/c1-20-9(18)10(19,11(13,14)15)16-8(17)6-4-2-3-5-7(6)12/h2-5,19H,1H3,(H,16,17)/t10-/m0/s1. The maximum absolute atomic E-state index is 12.7. The molecule has 1 aromatic carbocycles. The lowest BCUT2D eigenvalue weighted by molar-refractivity contribution is -0.268. The molecule has 0 aliphatic rings. The van der Waals surface area contributed by atoms with Gasteiger partial charge in [-0.2, -0.15) is 13.2 Å². The Bertz CT molecular complexity index is 535. The quantitative estimate of drug-likeness (QED) is 0.655. The van der Waals surface area contributed by atoms with Crippen molar-refractivity contribution in [3.63, 3.8) is 0 Å². The predicted molar refractivity (Wildman–Crippen MR) is 61.9 cm³/mol. The summed E-state index contributed by atoms with van der Waals surface area (Å²) in [4.78, 5) is 22.8. The molecule has 0 bridgehead atoms. The number of rotatable bonds is 3. The highest BCUT2D eigenvalue weighted by Gasteiger charge is 2.62. The van der Waals surface area contributed by atoms with Crippen LogP contribution in [0.25, 0.3) is 0 Å². The molecule has 0 saturated carbocycles. The van der Waals surface area contributed by atoms with Crippen LogP contribution in [0.15, 0.2) is 24.3 Å². The summed E-state index contributed by atoms with van der Waals surface area (Å²) in [6.45, 7) is 0. The van der Waals surface area contributed by atoms with Crippen molar-refractivity contribution in [2.75, 3.05) is 7.11 Å². The van der Waals surface area contributed by atoms with Crippen molar-refractivity contribution in [1.29, 1.82) is 0 Å². The highest BCUT2D eigenvalue weighted by Crippen LogP contribution is 2.30. The predicted octanol–water partition coefficient (Wildman–Crippen LogP) is 1.49. The average Bonchev–Trinajstić information content (AvgIpc) is 2.36. The molecule has 5 nitrogen and oxygen atoms in total. The number of esters is 1. The molecule has 1 aromatic rings. The normalized spacial score (nSPS) is 14.3. The number of ether oxygens (including phenoxy) is 1. The fourth-order valence-electron chi connectivity index (χ4n) is 1.26. The molecule has 0 heterocycles. The highest BCUT2D eigenvalue weighted by molar-refractivity contribution is 6.33. The van der Waals surface area contributed by atoms with E-state index in [1.807, 2.05) is 0 Å². The number of methoxy groups -OCH3 is 1. The summed E-state index contributed by atoms with van der Waals surface area (Å²) in [5, 5.41) is 10.4. The Kier molecular flexibility index (Phi) is 4.61. The molecule has 0 fully saturated rings. The molecule has 0 unspecified atom stereocenters. The molecule has 0 spiro atoms. The zero-order valence-corrected chi connectivity index (χ0v) is 10.7. The lowest BCUT2D eigenvalue weighted by Gasteiger charge is -2.28. The van der Waals surface area contributed by atoms with Crippen LogP contribution < -0.4 is 5.32 Å². The van der Waals surface area contributed by atoms with E-state index in [1.54, 1.807) is 0 Å². The van der Waals surface area contributed by atoms with Gasteiger partial charge in [0.2, 0.25) is 0 Å². The van der Waals surface area contributed by atoms with E-state index in [-0.39, 0.29) is 10.6 Å². The van der Waals surface area contributed by atoms with E-state index in [9.17, 15) is 27.9 Å². The van der Waals surface area contributed by atoms with Gasteiger partial charge in [0.25, 0.3) is 5.91 Å². The van der Waals surface area contributed by atoms with Crippen molar-refractivity contribution in [1.82, 2.24) is 5.32 Å². The molecule has 20 heavy (non-hydrogen) atoms. The second kappa shape index (κ2) is 5.68. The van der Waals surface area contributed by atoms with Gasteiger partial charge in [-0.1, -0.05) is 23.7 Å². The zero-order valence-electron chi connectivity index (χ0n) is 9.99. The van der Waals surface area contributed by atoms with E-state index in [2.05, 4.69) is 4.74 Å². The fraction of sp³-hybridized carbons (Fsp3) is 0.273. The molecule has 1 atom stereocenters. The third-order valence-corrected chi connectivity index (χ3v) is 2.63. The summed E-state index contributed by atoms with van der Waals surface area (Å²) in [6, 6.07) is 5.20. The summed E-state index contributed by atoms with van der Waals surface area (Å²) in [5.74, 6) is -3.44. The van der Waals surface area contributed by atoms with Gasteiger partial charge in [0.05, 0.1) is 17.7 Å². The lowest BCUT2D eigenvalue weighted by atomic mass is 10.1. The number of carbonyl (C=O) groups excluding carboxylic acids is 2. The van der Waals surface area contributed by atoms with Crippen molar-refractivity contribution in [2.24, 2.45) is 0 Å². The number of alkyl halides is 3. The number of carbonyl (C=O) groups is 2.